The summed E-state index contributed by atoms with van der Waals surface area (Å²) in [6.45, 7) is 0. The van der Waals surface area contributed by atoms with Crippen LogP contribution in [0.25, 0.3) is 0 Å². The van der Waals surface area contributed by atoms with E-state index in [1.165, 1.54) is 0 Å². The van der Waals surface area contributed by atoms with Crippen LogP contribution in [-0.4, -0.2) is 10.2 Å². The van der Waals surface area contributed by atoms with Crippen LogP contribution in [0.4, 0.5) is 8.78 Å². The fraction of sp³-hybridized carbons (Fsp3) is 0.143. The largest absolute Gasteiger partial charge is 0.274 e. The third kappa shape index (κ3) is 2.70. The van der Waals surface area contributed by atoms with E-state index in [0.29, 0.717) is 0 Å². The molecular weight excluding hydrogens is 267 g/mol. The lowest BCUT2D eigenvalue weighted by molar-refractivity contribution is 0.107. The topological polar surface area (TPSA) is 30.0 Å². The predicted octanol–water partition coefficient (Wildman–Crippen LogP) is 3.16. The molecule has 0 aromatic carbocycles. The van der Waals surface area contributed by atoms with Gasteiger partial charge in [-0.2, -0.15) is 0 Å². The molecule has 0 aliphatic rings. The van der Waals surface area contributed by atoms with Crippen LogP contribution >= 0.6 is 27.5 Å². The monoisotopic (exact) mass is 269 g/mol. The maximum atomic E-state index is 12.2. The molecule has 1 aromatic rings. The Labute approximate surface area is 86.0 Å². The van der Waals surface area contributed by atoms with Crippen molar-refractivity contribution in [1.29, 1.82) is 0 Å². The molecule has 0 aliphatic carbocycles. The zero-order valence-electron chi connectivity index (χ0n) is 6.10. The van der Waals surface area contributed by atoms with Gasteiger partial charge in [0.05, 0.1) is 0 Å². The first-order valence-corrected chi connectivity index (χ1v) is 4.33. The van der Waals surface area contributed by atoms with E-state index in [1.54, 1.807) is 0 Å². The number of pyridine rings is 1. The minimum absolute atomic E-state index is 0.161. The van der Waals surface area contributed by atoms with Gasteiger partial charge in [0.1, 0.15) is 10.3 Å². The average Bonchev–Trinajstić information content (AvgIpc) is 2.03. The molecule has 0 N–H and O–H groups in total. The van der Waals surface area contributed by atoms with Crippen molar-refractivity contribution in [2.45, 2.75) is 6.43 Å². The first-order valence-electron chi connectivity index (χ1n) is 3.16. The highest BCUT2D eigenvalue weighted by Crippen LogP contribution is 2.22. The molecule has 1 aromatic heterocycles. The Kier molecular flexibility index (Phi) is 3.33. The summed E-state index contributed by atoms with van der Waals surface area (Å²) < 4.78 is 24.5. The van der Waals surface area contributed by atoms with Gasteiger partial charge in [-0.15, -0.1) is 0 Å². The Bertz CT molecular complexity index is 345. The highest BCUT2D eigenvalue weighted by Gasteiger charge is 2.12. The van der Waals surface area contributed by atoms with E-state index in [2.05, 4.69) is 20.9 Å². The summed E-state index contributed by atoms with van der Waals surface area (Å²) in [5.41, 5.74) is -0.475. The van der Waals surface area contributed by atoms with Crippen LogP contribution in [-0.2, 0) is 0 Å². The molecule has 0 saturated heterocycles. The normalized spacial score (nSPS) is 10.5. The van der Waals surface area contributed by atoms with E-state index in [4.69, 9.17) is 11.6 Å². The molecule has 0 spiro atoms. The zero-order valence-corrected chi connectivity index (χ0v) is 8.44. The minimum atomic E-state index is -2.64. The van der Waals surface area contributed by atoms with Crippen LogP contribution in [0.1, 0.15) is 22.5 Å². The lowest BCUT2D eigenvalue weighted by Gasteiger charge is -2.01. The molecule has 0 atom stereocenters. The Morgan fingerprint density at radius 2 is 2.15 bits per heavy atom. The van der Waals surface area contributed by atoms with Crippen molar-refractivity contribution in [2.75, 3.05) is 0 Å². The van der Waals surface area contributed by atoms with Gasteiger partial charge in [0.15, 0.2) is 0 Å². The van der Waals surface area contributed by atoms with Crippen molar-refractivity contribution in [3.63, 3.8) is 0 Å². The number of carbonyl (C=O) groups is 1. The van der Waals surface area contributed by atoms with Crippen LogP contribution in [0.3, 0.4) is 0 Å². The maximum absolute atomic E-state index is 12.2. The van der Waals surface area contributed by atoms with Crippen LogP contribution in [0.5, 0.6) is 0 Å². The fourth-order valence-electron chi connectivity index (χ4n) is 0.743. The minimum Gasteiger partial charge on any atom is -0.274 e. The van der Waals surface area contributed by atoms with E-state index in [-0.39, 0.29) is 15.9 Å². The SMILES string of the molecule is O=C(Cl)c1cc(C(F)F)cc(Br)n1. The van der Waals surface area contributed by atoms with Gasteiger partial charge in [0.25, 0.3) is 11.7 Å². The van der Waals surface area contributed by atoms with Gasteiger partial charge in [0.2, 0.25) is 0 Å². The number of hydrogen-bond donors (Lipinski definition) is 0. The van der Waals surface area contributed by atoms with Gasteiger partial charge in [-0.3, -0.25) is 4.79 Å². The third-order valence-electron chi connectivity index (χ3n) is 1.27. The molecule has 70 valence electrons. The summed E-state index contributed by atoms with van der Waals surface area (Å²) in [5.74, 6) is 0. The molecule has 6 heteroatoms. The first kappa shape index (κ1) is 10.5. The highest BCUT2D eigenvalue weighted by molar-refractivity contribution is 9.10. The molecule has 0 bridgehead atoms. The summed E-state index contributed by atoms with van der Waals surface area (Å²) in [6.07, 6.45) is -2.64. The molecular formula is C7H3BrClF2NO. The van der Waals surface area contributed by atoms with Gasteiger partial charge in [-0.1, -0.05) is 0 Å². The van der Waals surface area contributed by atoms with Crippen molar-refractivity contribution in [3.05, 3.63) is 28.0 Å². The molecule has 1 rings (SSSR count). The van der Waals surface area contributed by atoms with Gasteiger partial charge in [-0.25, -0.2) is 13.8 Å². The lowest BCUT2D eigenvalue weighted by atomic mass is 10.2. The smallest absolute Gasteiger partial charge is 0.270 e. The summed E-state index contributed by atoms with van der Waals surface area (Å²) >= 11 is 7.98. The van der Waals surface area contributed by atoms with Crippen LogP contribution in [0.2, 0.25) is 0 Å². The fourth-order valence-corrected chi connectivity index (χ4v) is 1.30. The molecule has 0 radical (unpaired) electrons. The third-order valence-corrected chi connectivity index (χ3v) is 1.87. The molecule has 0 saturated carbocycles. The standard InChI is InChI=1S/C7H3BrClF2NO/c8-5-2-3(7(10)11)1-4(12-5)6(9)13/h1-2,7H. The number of carbonyl (C=O) groups excluding carboxylic acids is 1. The molecule has 13 heavy (non-hydrogen) atoms. The van der Waals surface area contributed by atoms with Gasteiger partial charge < -0.3 is 0 Å². The van der Waals surface area contributed by atoms with Crippen molar-refractivity contribution in [1.82, 2.24) is 4.98 Å². The number of rotatable bonds is 2. The van der Waals surface area contributed by atoms with E-state index < -0.39 is 11.7 Å². The Morgan fingerprint density at radius 1 is 1.54 bits per heavy atom. The van der Waals surface area contributed by atoms with Crippen molar-refractivity contribution in [3.8, 4) is 0 Å². The van der Waals surface area contributed by atoms with Crippen molar-refractivity contribution in [2.24, 2.45) is 0 Å². The molecule has 0 amide bonds. The second-order valence-electron chi connectivity index (χ2n) is 2.18. The number of hydrogen-bond acceptors (Lipinski definition) is 2. The van der Waals surface area contributed by atoms with Gasteiger partial charge in [0, 0.05) is 5.56 Å². The van der Waals surface area contributed by atoms with Crippen molar-refractivity contribution < 1.29 is 13.6 Å². The Hall–Kier alpha value is -0.550. The number of halogens is 4. The van der Waals surface area contributed by atoms with Crippen molar-refractivity contribution >= 4 is 32.8 Å². The highest BCUT2D eigenvalue weighted by atomic mass is 79.9. The zero-order chi connectivity index (χ0) is 10.0. The van der Waals surface area contributed by atoms with Gasteiger partial charge in [-0.05, 0) is 39.7 Å². The molecule has 2 nitrogen and oxygen atoms in total. The maximum Gasteiger partial charge on any atom is 0.270 e. The van der Waals surface area contributed by atoms with Crippen LogP contribution in [0.15, 0.2) is 16.7 Å². The Balaban J connectivity index is 3.19. The van der Waals surface area contributed by atoms with Crippen LogP contribution in [0, 0.1) is 0 Å². The molecule has 0 fully saturated rings. The average molecular weight is 270 g/mol. The Morgan fingerprint density at radius 3 is 2.62 bits per heavy atom. The predicted molar refractivity (Wildman–Crippen MR) is 47.1 cm³/mol. The quantitative estimate of drug-likeness (QED) is 0.610. The van der Waals surface area contributed by atoms with E-state index >= 15 is 0 Å². The van der Waals surface area contributed by atoms with E-state index in [0.717, 1.165) is 12.1 Å². The summed E-state index contributed by atoms with van der Waals surface area (Å²) in [4.78, 5) is 14.2. The van der Waals surface area contributed by atoms with Crippen LogP contribution < -0.4 is 0 Å². The second-order valence-corrected chi connectivity index (χ2v) is 3.34. The summed E-state index contributed by atoms with van der Waals surface area (Å²) in [6, 6.07) is 2.10. The van der Waals surface area contributed by atoms with Gasteiger partial charge >= 0.3 is 0 Å². The molecule has 0 aliphatic heterocycles. The second kappa shape index (κ2) is 4.11. The number of alkyl halides is 2. The lowest BCUT2D eigenvalue weighted by Crippen LogP contribution is -1.97. The first-order chi connectivity index (χ1) is 6.00. The molecule has 1 heterocycles. The van der Waals surface area contributed by atoms with E-state index in [9.17, 15) is 13.6 Å². The summed E-state index contributed by atoms with van der Waals surface area (Å²) in [5, 5.41) is -0.858. The van der Waals surface area contributed by atoms with E-state index in [1.807, 2.05) is 0 Å². The number of aromatic nitrogens is 1. The number of nitrogens with zero attached hydrogens (tertiary/aromatic N) is 1. The molecule has 0 unspecified atom stereocenters. The summed E-state index contributed by atoms with van der Waals surface area (Å²) in [7, 11) is 0.